The molecule has 0 fully saturated rings. The Bertz CT molecular complexity index is 748. The molecule has 0 saturated heterocycles. The van der Waals surface area contributed by atoms with Crippen molar-refractivity contribution >= 4 is 28.2 Å². The second-order valence-corrected chi connectivity index (χ2v) is 4.68. The highest BCUT2D eigenvalue weighted by atomic mass is 32.1. The lowest BCUT2D eigenvalue weighted by Crippen LogP contribution is -2.15. The fourth-order valence-corrected chi connectivity index (χ4v) is 2.29. The maximum absolute atomic E-state index is 5.70. The van der Waals surface area contributed by atoms with Gasteiger partial charge in [-0.25, -0.2) is 4.98 Å². The van der Waals surface area contributed by atoms with E-state index in [0.717, 1.165) is 16.6 Å². The van der Waals surface area contributed by atoms with E-state index in [4.69, 9.17) is 18.0 Å². The Balaban J connectivity index is 2.04. The maximum Gasteiger partial charge on any atom is 0.123 e. The summed E-state index contributed by atoms with van der Waals surface area (Å²) in [5.41, 5.74) is 9.43. The highest BCUT2D eigenvalue weighted by Crippen LogP contribution is 2.15. The predicted molar refractivity (Wildman–Crippen MR) is 79.0 cm³/mol. The molecule has 0 aliphatic rings. The summed E-state index contributed by atoms with van der Waals surface area (Å²) in [7, 11) is 0. The third-order valence-corrected chi connectivity index (χ3v) is 3.19. The molecule has 3 rings (SSSR count). The standard InChI is InChI=1S/C14H12N4S/c15-14(19)13-10(4-3-7-16-13)8-18-9-17-11-5-1-2-6-12(11)18/h1-7,9H,8H2,(H2,15,19). The normalized spacial score (nSPS) is 10.7. The summed E-state index contributed by atoms with van der Waals surface area (Å²) in [6.45, 7) is 0.654. The van der Waals surface area contributed by atoms with Crippen LogP contribution in [-0.2, 0) is 6.54 Å². The summed E-state index contributed by atoms with van der Waals surface area (Å²) in [4.78, 5) is 8.93. The van der Waals surface area contributed by atoms with Gasteiger partial charge in [0.15, 0.2) is 0 Å². The Morgan fingerprint density at radius 1 is 1.16 bits per heavy atom. The summed E-state index contributed by atoms with van der Waals surface area (Å²) < 4.78 is 2.06. The van der Waals surface area contributed by atoms with Crippen molar-refractivity contribution in [2.45, 2.75) is 6.54 Å². The van der Waals surface area contributed by atoms with Gasteiger partial charge in [-0.2, -0.15) is 0 Å². The Morgan fingerprint density at radius 3 is 2.84 bits per heavy atom. The zero-order valence-electron chi connectivity index (χ0n) is 10.2. The van der Waals surface area contributed by atoms with Crippen molar-refractivity contribution in [3.63, 3.8) is 0 Å². The van der Waals surface area contributed by atoms with Crippen molar-refractivity contribution in [1.29, 1.82) is 0 Å². The molecular formula is C14H12N4S. The molecule has 94 valence electrons. The lowest BCUT2D eigenvalue weighted by atomic mass is 10.2. The molecule has 0 aliphatic heterocycles. The van der Waals surface area contributed by atoms with Gasteiger partial charge in [-0.15, -0.1) is 0 Å². The van der Waals surface area contributed by atoms with Gasteiger partial charge < -0.3 is 10.3 Å². The molecule has 0 unspecified atom stereocenters. The first kappa shape index (κ1) is 11.8. The number of aromatic nitrogens is 3. The van der Waals surface area contributed by atoms with E-state index in [9.17, 15) is 0 Å². The number of nitrogens with zero attached hydrogens (tertiary/aromatic N) is 3. The minimum atomic E-state index is 0.319. The zero-order valence-corrected chi connectivity index (χ0v) is 11.0. The Hall–Kier alpha value is -2.27. The largest absolute Gasteiger partial charge is 0.388 e. The fourth-order valence-electron chi connectivity index (χ4n) is 2.11. The third kappa shape index (κ3) is 2.20. The van der Waals surface area contributed by atoms with E-state index in [1.807, 2.05) is 42.7 Å². The number of fused-ring (bicyclic) bond motifs is 1. The van der Waals surface area contributed by atoms with Crippen molar-refractivity contribution in [3.05, 3.63) is 60.2 Å². The van der Waals surface area contributed by atoms with Gasteiger partial charge in [0.2, 0.25) is 0 Å². The third-order valence-electron chi connectivity index (χ3n) is 2.99. The molecule has 0 atom stereocenters. The molecule has 0 bridgehead atoms. The lowest BCUT2D eigenvalue weighted by molar-refractivity contribution is 0.817. The van der Waals surface area contributed by atoms with Crippen LogP contribution in [0.25, 0.3) is 11.0 Å². The van der Waals surface area contributed by atoms with E-state index in [0.29, 0.717) is 17.2 Å². The smallest absolute Gasteiger partial charge is 0.123 e. The van der Waals surface area contributed by atoms with Crippen molar-refractivity contribution in [3.8, 4) is 0 Å². The van der Waals surface area contributed by atoms with Gasteiger partial charge >= 0.3 is 0 Å². The van der Waals surface area contributed by atoms with Gasteiger partial charge in [0, 0.05) is 11.8 Å². The minimum absolute atomic E-state index is 0.319. The second-order valence-electron chi connectivity index (χ2n) is 4.24. The Kier molecular flexibility index (Phi) is 2.97. The molecule has 5 heteroatoms. The Labute approximate surface area is 115 Å². The van der Waals surface area contributed by atoms with Crippen LogP contribution >= 0.6 is 12.2 Å². The molecular weight excluding hydrogens is 256 g/mol. The molecule has 0 amide bonds. The molecule has 3 aromatic rings. The monoisotopic (exact) mass is 268 g/mol. The molecule has 0 radical (unpaired) electrons. The van der Waals surface area contributed by atoms with E-state index in [1.54, 1.807) is 6.20 Å². The highest BCUT2D eigenvalue weighted by molar-refractivity contribution is 7.80. The van der Waals surface area contributed by atoms with E-state index in [2.05, 4.69) is 14.5 Å². The number of pyridine rings is 1. The summed E-state index contributed by atoms with van der Waals surface area (Å²) in [6, 6.07) is 11.9. The van der Waals surface area contributed by atoms with E-state index in [1.165, 1.54) is 0 Å². The molecule has 4 nitrogen and oxygen atoms in total. The molecule has 0 saturated carbocycles. The molecule has 2 N–H and O–H groups in total. The van der Waals surface area contributed by atoms with E-state index in [-0.39, 0.29) is 0 Å². The summed E-state index contributed by atoms with van der Waals surface area (Å²) in [5, 5.41) is 0. The van der Waals surface area contributed by atoms with Gasteiger partial charge in [-0.05, 0) is 18.2 Å². The average molecular weight is 268 g/mol. The highest BCUT2D eigenvalue weighted by Gasteiger charge is 2.08. The van der Waals surface area contributed by atoms with Crippen LogP contribution in [0.4, 0.5) is 0 Å². The van der Waals surface area contributed by atoms with Crippen molar-refractivity contribution in [2.24, 2.45) is 5.73 Å². The van der Waals surface area contributed by atoms with Crippen LogP contribution in [0, 0.1) is 0 Å². The van der Waals surface area contributed by atoms with Gasteiger partial charge in [0.25, 0.3) is 0 Å². The number of benzene rings is 1. The second kappa shape index (κ2) is 4.78. The first-order valence-corrected chi connectivity index (χ1v) is 6.30. The maximum atomic E-state index is 5.70. The van der Waals surface area contributed by atoms with Crippen LogP contribution in [-0.4, -0.2) is 19.5 Å². The van der Waals surface area contributed by atoms with Crippen LogP contribution < -0.4 is 5.73 Å². The first-order chi connectivity index (χ1) is 9.25. The van der Waals surface area contributed by atoms with Crippen LogP contribution in [0.1, 0.15) is 11.3 Å². The first-order valence-electron chi connectivity index (χ1n) is 5.89. The van der Waals surface area contributed by atoms with Gasteiger partial charge in [-0.1, -0.05) is 30.4 Å². The topological polar surface area (TPSA) is 56.7 Å². The number of thiocarbonyl (C=S) groups is 1. The van der Waals surface area contributed by atoms with Crippen LogP contribution in [0.15, 0.2) is 48.9 Å². The number of para-hydroxylation sites is 2. The molecule has 0 aliphatic carbocycles. The molecule has 1 aromatic carbocycles. The predicted octanol–water partition coefficient (Wildman–Crippen LogP) is 2.11. The minimum Gasteiger partial charge on any atom is -0.388 e. The zero-order chi connectivity index (χ0) is 13.2. The molecule has 2 aromatic heterocycles. The van der Waals surface area contributed by atoms with Crippen molar-refractivity contribution in [1.82, 2.24) is 14.5 Å². The van der Waals surface area contributed by atoms with Gasteiger partial charge in [0.05, 0.1) is 23.9 Å². The lowest BCUT2D eigenvalue weighted by Gasteiger charge is -2.08. The number of imidazole rings is 1. The Morgan fingerprint density at radius 2 is 2.00 bits per heavy atom. The van der Waals surface area contributed by atoms with Crippen molar-refractivity contribution in [2.75, 3.05) is 0 Å². The summed E-state index contributed by atoms with van der Waals surface area (Å²) >= 11 is 5.03. The molecule has 0 spiro atoms. The number of hydrogen-bond acceptors (Lipinski definition) is 3. The SMILES string of the molecule is NC(=S)c1ncccc1Cn1cnc2ccccc21. The molecule has 2 heterocycles. The summed E-state index contributed by atoms with van der Waals surface area (Å²) in [6.07, 6.45) is 3.52. The van der Waals surface area contributed by atoms with Crippen molar-refractivity contribution < 1.29 is 0 Å². The number of hydrogen-bond donors (Lipinski definition) is 1. The van der Waals surface area contributed by atoms with Gasteiger partial charge in [-0.3, -0.25) is 4.98 Å². The van der Waals surface area contributed by atoms with Crippen LogP contribution in [0.5, 0.6) is 0 Å². The van der Waals surface area contributed by atoms with Crippen LogP contribution in [0.2, 0.25) is 0 Å². The average Bonchev–Trinajstić information content (AvgIpc) is 2.83. The number of nitrogens with two attached hydrogens (primary N) is 1. The quantitative estimate of drug-likeness (QED) is 0.739. The summed E-state index contributed by atoms with van der Waals surface area (Å²) in [5.74, 6) is 0. The van der Waals surface area contributed by atoms with E-state index >= 15 is 0 Å². The van der Waals surface area contributed by atoms with E-state index < -0.39 is 0 Å². The van der Waals surface area contributed by atoms with Gasteiger partial charge in [0.1, 0.15) is 10.7 Å². The van der Waals surface area contributed by atoms with Crippen LogP contribution in [0.3, 0.4) is 0 Å². The number of rotatable bonds is 3. The fraction of sp³-hybridized carbons (Fsp3) is 0.0714. The molecule has 19 heavy (non-hydrogen) atoms.